The van der Waals surface area contributed by atoms with E-state index in [-0.39, 0.29) is 39.9 Å². The zero-order chi connectivity index (χ0) is 28.3. The molecule has 4 rings (SSSR count). The number of carbonyl (C=O) groups is 1. The van der Waals surface area contributed by atoms with Gasteiger partial charge in [0.25, 0.3) is 0 Å². The van der Waals surface area contributed by atoms with Crippen LogP contribution in [0.5, 0.6) is 5.75 Å². The topological polar surface area (TPSA) is 156 Å². The molecule has 1 aliphatic heterocycles. The van der Waals surface area contributed by atoms with E-state index in [0.29, 0.717) is 5.56 Å². The van der Waals surface area contributed by atoms with Gasteiger partial charge in [0.15, 0.2) is 11.5 Å². The summed E-state index contributed by atoms with van der Waals surface area (Å²) in [7, 11) is 1.39. The Morgan fingerprint density at radius 3 is 2.51 bits per heavy atom. The van der Waals surface area contributed by atoms with E-state index in [4.69, 9.17) is 18.6 Å². The number of rotatable bonds is 8. The third-order valence-electron chi connectivity index (χ3n) is 6.58. The molecule has 3 aromatic rings. The van der Waals surface area contributed by atoms with E-state index in [1.165, 1.54) is 25.3 Å². The summed E-state index contributed by atoms with van der Waals surface area (Å²) in [6.07, 6.45) is -5.31. The Kier molecular flexibility index (Phi) is 8.83. The van der Waals surface area contributed by atoms with Crippen LogP contribution in [0.4, 0.5) is 0 Å². The van der Waals surface area contributed by atoms with E-state index in [9.17, 15) is 30.0 Å². The van der Waals surface area contributed by atoms with E-state index in [1.807, 2.05) is 6.07 Å². The van der Waals surface area contributed by atoms with Crippen molar-refractivity contribution in [2.75, 3.05) is 13.7 Å². The van der Waals surface area contributed by atoms with Gasteiger partial charge in [0.1, 0.15) is 41.5 Å². The smallest absolute Gasteiger partial charge is 0.331 e. The highest BCUT2D eigenvalue weighted by Gasteiger charge is 2.49. The Morgan fingerprint density at radius 1 is 1.15 bits per heavy atom. The summed E-state index contributed by atoms with van der Waals surface area (Å²) in [5.74, 6) is -0.410. The van der Waals surface area contributed by atoms with Crippen molar-refractivity contribution in [3.63, 3.8) is 0 Å². The molecule has 1 fully saturated rings. The maximum Gasteiger partial charge on any atom is 0.331 e. The van der Waals surface area contributed by atoms with Crippen LogP contribution < -0.4 is 10.2 Å². The Labute approximate surface area is 224 Å². The number of esters is 1. The van der Waals surface area contributed by atoms with Crippen LogP contribution in [0.3, 0.4) is 0 Å². The molecular formula is C29H32O10. The van der Waals surface area contributed by atoms with Gasteiger partial charge in [-0.3, -0.25) is 4.79 Å². The second-order valence-corrected chi connectivity index (χ2v) is 9.55. The summed E-state index contributed by atoms with van der Waals surface area (Å²) in [5.41, 5.74) is 1.11. The summed E-state index contributed by atoms with van der Waals surface area (Å²) < 4.78 is 23.2. The Hall–Kier alpha value is -3.54. The number of benzene rings is 2. The minimum atomic E-state index is -1.66. The van der Waals surface area contributed by atoms with Crippen molar-refractivity contribution in [3.05, 3.63) is 81.2 Å². The highest BCUT2D eigenvalue weighted by Crippen LogP contribution is 2.43. The molecule has 0 saturated carbocycles. The lowest BCUT2D eigenvalue weighted by Gasteiger charge is -2.42. The molecule has 0 amide bonds. The van der Waals surface area contributed by atoms with Crippen molar-refractivity contribution in [1.82, 2.24) is 0 Å². The zero-order valence-corrected chi connectivity index (χ0v) is 21.8. The first-order valence-corrected chi connectivity index (χ1v) is 12.5. The van der Waals surface area contributed by atoms with Gasteiger partial charge in [0, 0.05) is 18.6 Å². The van der Waals surface area contributed by atoms with Gasteiger partial charge in [0.05, 0.1) is 30.8 Å². The van der Waals surface area contributed by atoms with Crippen LogP contribution in [0.2, 0.25) is 0 Å². The molecule has 6 unspecified atom stereocenters. The van der Waals surface area contributed by atoms with Crippen LogP contribution in [-0.4, -0.2) is 70.6 Å². The van der Waals surface area contributed by atoms with Crippen LogP contribution in [0.25, 0.3) is 17.0 Å². The molecule has 2 aromatic carbocycles. The van der Waals surface area contributed by atoms with Crippen molar-refractivity contribution < 1.29 is 43.8 Å². The van der Waals surface area contributed by atoms with Crippen LogP contribution in [-0.2, 0) is 20.7 Å². The lowest BCUT2D eigenvalue weighted by Crippen LogP contribution is -2.56. The van der Waals surface area contributed by atoms with Gasteiger partial charge in [-0.15, -0.1) is 0 Å². The van der Waals surface area contributed by atoms with Gasteiger partial charge in [-0.25, -0.2) is 4.79 Å². The molecule has 0 spiro atoms. The molecule has 10 nitrogen and oxygen atoms in total. The highest BCUT2D eigenvalue weighted by atomic mass is 16.6. The van der Waals surface area contributed by atoms with E-state index in [1.54, 1.807) is 44.2 Å². The summed E-state index contributed by atoms with van der Waals surface area (Å²) in [5, 5.41) is 41.5. The zero-order valence-electron chi connectivity index (χ0n) is 21.8. The fourth-order valence-corrected chi connectivity index (χ4v) is 4.75. The Balaban J connectivity index is 1.84. The van der Waals surface area contributed by atoms with Crippen LogP contribution in [0.1, 0.15) is 35.5 Å². The molecule has 208 valence electrons. The Morgan fingerprint density at radius 2 is 1.87 bits per heavy atom. The van der Waals surface area contributed by atoms with Gasteiger partial charge < -0.3 is 39.1 Å². The van der Waals surface area contributed by atoms with E-state index < -0.39 is 49.2 Å². The average molecular weight is 541 g/mol. The number of hydrogen-bond acceptors (Lipinski definition) is 10. The number of ether oxygens (including phenoxy) is 3. The van der Waals surface area contributed by atoms with Crippen molar-refractivity contribution >= 4 is 23.0 Å². The monoisotopic (exact) mass is 540 g/mol. The molecule has 1 aliphatic rings. The molecular weight excluding hydrogens is 508 g/mol. The summed E-state index contributed by atoms with van der Waals surface area (Å²) in [6.45, 7) is 2.60. The van der Waals surface area contributed by atoms with E-state index in [0.717, 1.165) is 5.56 Å². The molecule has 6 atom stereocenters. The predicted octanol–water partition coefficient (Wildman–Crippen LogP) is 1.81. The number of aliphatic hydroxyl groups is 4. The van der Waals surface area contributed by atoms with Crippen molar-refractivity contribution in [2.45, 2.75) is 56.9 Å². The maximum atomic E-state index is 13.1. The first-order chi connectivity index (χ1) is 18.6. The summed E-state index contributed by atoms with van der Waals surface area (Å²) >= 11 is 0. The molecule has 0 radical (unpaired) electrons. The third-order valence-corrected chi connectivity index (χ3v) is 6.58. The SMILES string of the molecule is COc1cc(C)c2c(=O)cc(CC(C)O)oc2c1C1OC(CO)C(O)C(O)C1OC(=O)C=Cc1ccccc1. The van der Waals surface area contributed by atoms with Crippen LogP contribution >= 0.6 is 0 Å². The van der Waals surface area contributed by atoms with Crippen molar-refractivity contribution in [1.29, 1.82) is 0 Å². The standard InChI is InChI=1S/C29H32O10/c1-15-11-20(36-3)24(27-23(15)19(32)13-18(37-27)12-16(2)31)28-29(26(35)25(34)21(14-30)38-28)39-22(33)10-9-17-7-5-4-6-8-17/h4-11,13,16,21,25-26,28-31,34-35H,12,14H2,1-3H3. The highest BCUT2D eigenvalue weighted by molar-refractivity contribution is 5.88. The molecule has 39 heavy (non-hydrogen) atoms. The van der Waals surface area contributed by atoms with Gasteiger partial charge in [-0.2, -0.15) is 0 Å². The summed E-state index contributed by atoms with van der Waals surface area (Å²) in [4.78, 5) is 25.9. The fourth-order valence-electron chi connectivity index (χ4n) is 4.75. The minimum absolute atomic E-state index is 0.0513. The first kappa shape index (κ1) is 28.5. The lowest BCUT2D eigenvalue weighted by molar-refractivity contribution is -0.239. The molecule has 1 aromatic heterocycles. The average Bonchev–Trinajstić information content (AvgIpc) is 2.90. The molecule has 0 aliphatic carbocycles. The van der Waals surface area contributed by atoms with Gasteiger partial charge in [0.2, 0.25) is 0 Å². The minimum Gasteiger partial charge on any atom is -0.496 e. The maximum absolute atomic E-state index is 13.1. The van der Waals surface area contributed by atoms with Gasteiger partial charge >= 0.3 is 5.97 Å². The number of aryl methyl sites for hydroxylation is 1. The number of carbonyl (C=O) groups excluding carboxylic acids is 1. The number of methoxy groups -OCH3 is 1. The van der Waals surface area contributed by atoms with Crippen molar-refractivity contribution in [2.24, 2.45) is 0 Å². The second kappa shape index (κ2) is 12.1. The Bertz CT molecular complexity index is 1390. The third kappa shape index (κ3) is 6.05. The second-order valence-electron chi connectivity index (χ2n) is 9.55. The van der Waals surface area contributed by atoms with Crippen molar-refractivity contribution in [3.8, 4) is 5.75 Å². The molecule has 2 heterocycles. The predicted molar refractivity (Wildman–Crippen MR) is 141 cm³/mol. The fraction of sp³-hybridized carbons (Fsp3) is 0.379. The molecule has 1 saturated heterocycles. The normalized spacial score (nSPS) is 24.1. The molecule has 10 heteroatoms. The van der Waals surface area contributed by atoms with Crippen LogP contribution in [0.15, 0.2) is 57.8 Å². The van der Waals surface area contributed by atoms with Crippen LogP contribution in [0, 0.1) is 6.92 Å². The lowest BCUT2D eigenvalue weighted by atomic mass is 9.89. The van der Waals surface area contributed by atoms with E-state index >= 15 is 0 Å². The first-order valence-electron chi connectivity index (χ1n) is 12.5. The number of fused-ring (bicyclic) bond motifs is 1. The number of aliphatic hydroxyl groups excluding tert-OH is 4. The van der Waals surface area contributed by atoms with Gasteiger partial charge in [-0.05, 0) is 37.1 Å². The molecule has 0 bridgehead atoms. The molecule has 4 N–H and O–H groups in total. The van der Waals surface area contributed by atoms with Gasteiger partial charge in [-0.1, -0.05) is 30.3 Å². The number of hydrogen-bond donors (Lipinski definition) is 4. The summed E-state index contributed by atoms with van der Waals surface area (Å²) in [6, 6.07) is 11.9. The van der Waals surface area contributed by atoms with E-state index in [2.05, 4.69) is 0 Å². The quantitative estimate of drug-likeness (QED) is 0.245. The largest absolute Gasteiger partial charge is 0.496 e.